The molecule has 4 rings (SSSR count). The molecule has 0 heterocycles. The third kappa shape index (κ3) is 3.00. The third-order valence-corrected chi connectivity index (χ3v) is 6.93. The molecule has 0 amide bonds. The van der Waals surface area contributed by atoms with Crippen LogP contribution in [0, 0.1) is 0 Å². The maximum Gasteiger partial charge on any atom is 0.0495 e. The predicted octanol–water partition coefficient (Wildman–Crippen LogP) is 8.10. The summed E-state index contributed by atoms with van der Waals surface area (Å²) in [4.78, 5) is 2.32. The SMILES string of the molecule is Clc1cccc2cccc(SSc3cccc4cccc(Cl)c34)c12. The summed E-state index contributed by atoms with van der Waals surface area (Å²) >= 11 is 12.8. The van der Waals surface area contributed by atoms with Gasteiger partial charge in [-0.25, -0.2) is 0 Å². The Labute approximate surface area is 158 Å². The Bertz CT molecular complexity index is 948. The van der Waals surface area contributed by atoms with E-state index in [1.165, 1.54) is 0 Å². The molecular weight excluding hydrogens is 375 g/mol. The summed E-state index contributed by atoms with van der Waals surface area (Å²) in [6.45, 7) is 0. The summed E-state index contributed by atoms with van der Waals surface area (Å²) in [5.41, 5.74) is 0. The number of halogens is 2. The summed E-state index contributed by atoms with van der Waals surface area (Å²) in [6.07, 6.45) is 0. The van der Waals surface area contributed by atoms with Crippen LogP contribution in [-0.4, -0.2) is 0 Å². The van der Waals surface area contributed by atoms with Crippen molar-refractivity contribution in [2.24, 2.45) is 0 Å². The average Bonchev–Trinajstić information content (AvgIpc) is 2.60. The van der Waals surface area contributed by atoms with Gasteiger partial charge in [-0.05, 0) is 35.0 Å². The monoisotopic (exact) mass is 386 g/mol. The zero-order chi connectivity index (χ0) is 16.5. The molecule has 0 fully saturated rings. The highest BCUT2D eigenvalue weighted by Gasteiger charge is 2.09. The molecule has 0 nitrogen and oxygen atoms in total. The highest BCUT2D eigenvalue weighted by Crippen LogP contribution is 2.45. The number of fused-ring (bicyclic) bond motifs is 2. The van der Waals surface area contributed by atoms with Crippen LogP contribution >= 0.6 is 44.8 Å². The number of hydrogen-bond donors (Lipinski definition) is 0. The van der Waals surface area contributed by atoms with Crippen molar-refractivity contribution in [1.82, 2.24) is 0 Å². The summed E-state index contributed by atoms with van der Waals surface area (Å²) in [7, 11) is 3.43. The smallest absolute Gasteiger partial charge is 0.0495 e. The first-order chi connectivity index (χ1) is 11.7. The fraction of sp³-hybridized carbons (Fsp3) is 0. The lowest BCUT2D eigenvalue weighted by molar-refractivity contribution is 1.55. The minimum Gasteiger partial charge on any atom is -0.0836 e. The second-order valence-electron chi connectivity index (χ2n) is 5.35. The van der Waals surface area contributed by atoms with E-state index < -0.39 is 0 Å². The Balaban J connectivity index is 1.74. The van der Waals surface area contributed by atoms with Gasteiger partial charge in [-0.2, -0.15) is 0 Å². The predicted molar refractivity (Wildman–Crippen MR) is 110 cm³/mol. The highest BCUT2D eigenvalue weighted by atomic mass is 35.5. The van der Waals surface area contributed by atoms with Gasteiger partial charge in [0.15, 0.2) is 0 Å². The van der Waals surface area contributed by atoms with Crippen molar-refractivity contribution in [2.75, 3.05) is 0 Å². The van der Waals surface area contributed by atoms with Crippen LogP contribution in [0.2, 0.25) is 10.0 Å². The Hall–Kier alpha value is -1.32. The molecule has 0 saturated carbocycles. The van der Waals surface area contributed by atoms with Crippen molar-refractivity contribution in [3.63, 3.8) is 0 Å². The maximum absolute atomic E-state index is 6.42. The van der Waals surface area contributed by atoms with Gasteiger partial charge in [-0.3, -0.25) is 0 Å². The fourth-order valence-corrected chi connectivity index (χ4v) is 5.87. The van der Waals surface area contributed by atoms with Crippen LogP contribution in [0.25, 0.3) is 21.5 Å². The van der Waals surface area contributed by atoms with Crippen LogP contribution in [0.3, 0.4) is 0 Å². The molecule has 4 aromatic rings. The molecular formula is C20H12Cl2S2. The van der Waals surface area contributed by atoms with Gasteiger partial charge in [0.25, 0.3) is 0 Å². The second-order valence-corrected chi connectivity index (χ2v) is 8.38. The molecule has 0 unspecified atom stereocenters. The lowest BCUT2D eigenvalue weighted by Crippen LogP contribution is -1.80. The molecule has 4 heteroatoms. The summed E-state index contributed by atoms with van der Waals surface area (Å²) in [6, 6.07) is 24.5. The average molecular weight is 387 g/mol. The van der Waals surface area contributed by atoms with E-state index in [-0.39, 0.29) is 0 Å². The molecule has 24 heavy (non-hydrogen) atoms. The molecule has 0 atom stereocenters. The lowest BCUT2D eigenvalue weighted by atomic mass is 10.1. The maximum atomic E-state index is 6.42. The van der Waals surface area contributed by atoms with Gasteiger partial charge >= 0.3 is 0 Å². The van der Waals surface area contributed by atoms with Crippen LogP contribution < -0.4 is 0 Å². The van der Waals surface area contributed by atoms with E-state index in [2.05, 4.69) is 48.5 Å². The number of rotatable bonds is 3. The van der Waals surface area contributed by atoms with Crippen molar-refractivity contribution in [1.29, 1.82) is 0 Å². The van der Waals surface area contributed by atoms with Gasteiger partial charge < -0.3 is 0 Å². The minimum atomic E-state index is 0.784. The molecule has 0 radical (unpaired) electrons. The zero-order valence-electron chi connectivity index (χ0n) is 12.5. The van der Waals surface area contributed by atoms with Crippen molar-refractivity contribution in [3.05, 3.63) is 82.8 Å². The van der Waals surface area contributed by atoms with E-state index in [1.807, 2.05) is 24.3 Å². The van der Waals surface area contributed by atoms with Crippen LogP contribution in [0.15, 0.2) is 82.6 Å². The lowest BCUT2D eigenvalue weighted by Gasteiger charge is -2.10. The number of hydrogen-bond acceptors (Lipinski definition) is 2. The topological polar surface area (TPSA) is 0 Å². The summed E-state index contributed by atoms with van der Waals surface area (Å²) in [5, 5.41) is 6.09. The third-order valence-electron chi connectivity index (χ3n) is 3.85. The molecule has 0 spiro atoms. The largest absolute Gasteiger partial charge is 0.0836 e. The van der Waals surface area contributed by atoms with Gasteiger partial charge in [-0.15, -0.1) is 0 Å². The molecule has 4 aromatic carbocycles. The quantitative estimate of drug-likeness (QED) is 0.326. The molecule has 118 valence electrons. The Morgan fingerprint density at radius 3 is 1.29 bits per heavy atom. The van der Waals surface area contributed by atoms with Gasteiger partial charge in [-0.1, -0.05) is 93.3 Å². The standard InChI is InChI=1S/C20H12Cl2S2/c21-15-9-1-5-13-7-3-11-17(19(13)15)23-24-18-12-4-8-14-6-2-10-16(22)20(14)18/h1-12H. The van der Waals surface area contributed by atoms with Crippen LogP contribution in [0.5, 0.6) is 0 Å². The van der Waals surface area contributed by atoms with Crippen molar-refractivity contribution >= 4 is 66.3 Å². The van der Waals surface area contributed by atoms with E-state index >= 15 is 0 Å². The van der Waals surface area contributed by atoms with E-state index in [4.69, 9.17) is 23.2 Å². The first-order valence-corrected chi connectivity index (χ1v) is 10.3. The van der Waals surface area contributed by atoms with E-state index in [9.17, 15) is 0 Å². The molecule has 0 aromatic heterocycles. The normalized spacial score (nSPS) is 11.2. The van der Waals surface area contributed by atoms with E-state index in [0.29, 0.717) is 0 Å². The van der Waals surface area contributed by atoms with Gasteiger partial charge in [0, 0.05) is 30.6 Å². The highest BCUT2D eigenvalue weighted by molar-refractivity contribution is 8.76. The second kappa shape index (κ2) is 6.89. The van der Waals surface area contributed by atoms with Gasteiger partial charge in [0.1, 0.15) is 0 Å². The van der Waals surface area contributed by atoms with Crippen molar-refractivity contribution < 1.29 is 0 Å². The van der Waals surface area contributed by atoms with Gasteiger partial charge in [0.05, 0.1) is 0 Å². The zero-order valence-corrected chi connectivity index (χ0v) is 15.6. The van der Waals surface area contributed by atoms with Crippen molar-refractivity contribution in [2.45, 2.75) is 9.79 Å². The van der Waals surface area contributed by atoms with Crippen molar-refractivity contribution in [3.8, 4) is 0 Å². The van der Waals surface area contributed by atoms with Gasteiger partial charge in [0.2, 0.25) is 0 Å². The van der Waals surface area contributed by atoms with E-state index in [1.54, 1.807) is 21.6 Å². The molecule has 0 saturated heterocycles. The first-order valence-electron chi connectivity index (χ1n) is 7.43. The minimum absolute atomic E-state index is 0.784. The first kappa shape index (κ1) is 16.2. The molecule has 0 N–H and O–H groups in total. The molecule has 0 aliphatic heterocycles. The summed E-state index contributed by atoms with van der Waals surface area (Å²) < 4.78 is 0. The van der Waals surface area contributed by atoms with Crippen LogP contribution in [-0.2, 0) is 0 Å². The molecule has 0 aliphatic rings. The molecule has 0 bridgehead atoms. The summed E-state index contributed by atoms with van der Waals surface area (Å²) in [5.74, 6) is 0. The van der Waals surface area contributed by atoms with Crippen LogP contribution in [0.4, 0.5) is 0 Å². The Kier molecular flexibility index (Phi) is 4.64. The fourth-order valence-electron chi connectivity index (χ4n) is 2.75. The Morgan fingerprint density at radius 1 is 0.500 bits per heavy atom. The van der Waals surface area contributed by atoms with E-state index in [0.717, 1.165) is 41.4 Å². The number of benzene rings is 4. The molecule has 0 aliphatic carbocycles. The Morgan fingerprint density at radius 2 is 0.875 bits per heavy atom. The van der Waals surface area contributed by atoms with Crippen LogP contribution in [0.1, 0.15) is 0 Å².